The quantitative estimate of drug-likeness (QED) is 0.0353. The summed E-state index contributed by atoms with van der Waals surface area (Å²) in [5.41, 5.74) is 8.74. The summed E-state index contributed by atoms with van der Waals surface area (Å²) in [6, 6.07) is 17.7. The molecule has 11 nitrogen and oxygen atoms in total. The molecule has 0 heterocycles. The smallest absolute Gasteiger partial charge is 0.309 e. The number of carbonyl (C=O) groups excluding carboxylic acids is 3. The van der Waals surface area contributed by atoms with Crippen LogP contribution in [0.25, 0.3) is 0 Å². The first-order valence-corrected chi connectivity index (χ1v) is 27.8. The van der Waals surface area contributed by atoms with Crippen molar-refractivity contribution in [3.05, 3.63) is 71.3 Å². The van der Waals surface area contributed by atoms with E-state index in [1.165, 1.54) is 69.8 Å². The fraction of sp³-hybridized carbons (Fsp3) is 0.729. The van der Waals surface area contributed by atoms with Gasteiger partial charge in [-0.25, -0.2) is 0 Å². The molecular formula is C59H102N5O6+3. The van der Waals surface area contributed by atoms with Crippen LogP contribution in [0, 0.1) is 29.6 Å². The van der Waals surface area contributed by atoms with Gasteiger partial charge in [-0.15, -0.1) is 0 Å². The Morgan fingerprint density at radius 2 is 1.26 bits per heavy atom. The highest BCUT2D eigenvalue weighted by Gasteiger charge is 2.45. The number of nitrogens with two attached hydrogens (primary N) is 1. The summed E-state index contributed by atoms with van der Waals surface area (Å²) < 4.78 is 9.18. The summed E-state index contributed by atoms with van der Waals surface area (Å²) in [7, 11) is 13.6. The van der Waals surface area contributed by atoms with Crippen molar-refractivity contribution in [3.63, 3.8) is 0 Å². The van der Waals surface area contributed by atoms with Gasteiger partial charge in [0.2, 0.25) is 5.91 Å². The van der Waals surface area contributed by atoms with Gasteiger partial charge < -0.3 is 34.3 Å². The van der Waals surface area contributed by atoms with Crippen molar-refractivity contribution >= 4 is 23.8 Å². The molecule has 70 heavy (non-hydrogen) atoms. The normalized spacial score (nSPS) is 18.3. The van der Waals surface area contributed by atoms with Crippen LogP contribution < -0.4 is 11.1 Å². The molecule has 7 unspecified atom stereocenters. The minimum atomic E-state index is -0.944. The monoisotopic (exact) mass is 977 g/mol. The minimum absolute atomic E-state index is 0.0905. The average Bonchev–Trinajstić information content (AvgIpc) is 3.69. The van der Waals surface area contributed by atoms with Gasteiger partial charge >= 0.3 is 11.9 Å². The number of hydrogen-bond donors (Lipinski definition) is 3. The number of esters is 1. The van der Waals surface area contributed by atoms with Crippen molar-refractivity contribution in [3.8, 4) is 0 Å². The van der Waals surface area contributed by atoms with E-state index in [9.17, 15) is 24.3 Å². The maximum absolute atomic E-state index is 14.7. The zero-order chi connectivity index (χ0) is 51.9. The third kappa shape index (κ3) is 21.9. The molecular weight excluding hydrogens is 875 g/mol. The molecule has 2 aromatic carbocycles. The lowest BCUT2D eigenvalue weighted by Crippen LogP contribution is -2.54. The Hall–Kier alpha value is -3.80. The number of likely N-dealkylation sites (N-methyl/N-ethyl adjacent to an activating group) is 2. The van der Waals surface area contributed by atoms with E-state index in [0.717, 1.165) is 71.1 Å². The highest BCUT2D eigenvalue weighted by Crippen LogP contribution is 2.46. The number of ether oxygens (including phenoxy) is 1. The van der Waals surface area contributed by atoms with Crippen molar-refractivity contribution in [1.82, 2.24) is 5.32 Å². The molecule has 1 fully saturated rings. The number of amides is 2. The number of carboxylic acids is 1. The van der Waals surface area contributed by atoms with Crippen molar-refractivity contribution < 1.29 is 42.5 Å². The second-order valence-electron chi connectivity index (χ2n) is 23.6. The van der Waals surface area contributed by atoms with Crippen LogP contribution >= 0.6 is 0 Å². The Kier molecular flexibility index (Phi) is 26.2. The molecule has 396 valence electrons. The first kappa shape index (κ1) is 60.5. The van der Waals surface area contributed by atoms with Gasteiger partial charge in [0.25, 0.3) is 5.91 Å². The predicted molar refractivity (Wildman–Crippen MR) is 287 cm³/mol. The largest absolute Gasteiger partial charge is 0.481 e. The Morgan fingerprint density at radius 3 is 1.76 bits per heavy atom. The average molecular weight is 977 g/mol. The van der Waals surface area contributed by atoms with E-state index >= 15 is 0 Å². The highest BCUT2D eigenvalue weighted by molar-refractivity contribution is 5.94. The van der Waals surface area contributed by atoms with Gasteiger partial charge in [-0.2, -0.15) is 0 Å². The lowest BCUT2D eigenvalue weighted by atomic mass is 9.73. The van der Waals surface area contributed by atoms with Crippen molar-refractivity contribution in [2.45, 2.75) is 175 Å². The van der Waals surface area contributed by atoms with E-state index in [-0.39, 0.29) is 48.2 Å². The maximum atomic E-state index is 14.7. The summed E-state index contributed by atoms with van der Waals surface area (Å²) in [5, 5.41) is 14.1. The van der Waals surface area contributed by atoms with E-state index < -0.39 is 29.6 Å². The molecule has 1 aliphatic rings. The number of aliphatic carboxylic acids is 1. The lowest BCUT2D eigenvalue weighted by Gasteiger charge is -2.38. The van der Waals surface area contributed by atoms with Gasteiger partial charge in [-0.1, -0.05) is 122 Å². The SMILES string of the molecule is CCCCCCCC[N+](C)(C)CC(C[N+](C)(C)CCCCCCCC)OC(=O)C(C)CC(CC1CC(NC(=O)c2ccccc2)CC1C(CC(CC)C(N)=O)C(=O)O)c1ccc(C[N+](C)(C)CC)cc1. The van der Waals surface area contributed by atoms with Crippen LogP contribution in [0.2, 0.25) is 0 Å². The Labute approximate surface area is 426 Å². The zero-order valence-corrected chi connectivity index (χ0v) is 46.2. The summed E-state index contributed by atoms with van der Waals surface area (Å²) >= 11 is 0. The number of carbonyl (C=O) groups is 4. The number of primary amides is 1. The van der Waals surface area contributed by atoms with Gasteiger partial charge in [0.05, 0.1) is 73.8 Å². The van der Waals surface area contributed by atoms with Crippen molar-refractivity contribution in [2.75, 3.05) is 75.0 Å². The summed E-state index contributed by atoms with van der Waals surface area (Å²) in [4.78, 5) is 54.1. The van der Waals surface area contributed by atoms with Crippen LogP contribution in [0.3, 0.4) is 0 Å². The molecule has 0 aromatic heterocycles. The van der Waals surface area contributed by atoms with E-state index in [4.69, 9.17) is 10.5 Å². The van der Waals surface area contributed by atoms with E-state index in [2.05, 4.69) is 92.6 Å². The third-order valence-corrected chi connectivity index (χ3v) is 15.8. The molecule has 2 amide bonds. The predicted octanol–water partition coefficient (Wildman–Crippen LogP) is 11.0. The number of hydrogen-bond acceptors (Lipinski definition) is 5. The van der Waals surface area contributed by atoms with E-state index in [1.807, 2.05) is 32.0 Å². The fourth-order valence-corrected chi connectivity index (χ4v) is 11.2. The second-order valence-corrected chi connectivity index (χ2v) is 23.6. The van der Waals surface area contributed by atoms with E-state index in [1.54, 1.807) is 12.1 Å². The fourth-order valence-electron chi connectivity index (χ4n) is 11.2. The molecule has 0 bridgehead atoms. The highest BCUT2D eigenvalue weighted by atomic mass is 16.5. The molecule has 11 heteroatoms. The number of nitrogens with one attached hydrogen (secondary N) is 1. The number of rotatable bonds is 36. The topological polar surface area (TPSA) is 136 Å². The maximum Gasteiger partial charge on any atom is 0.309 e. The Morgan fingerprint density at radius 1 is 0.714 bits per heavy atom. The number of nitrogens with zero attached hydrogens (tertiary/aromatic N) is 3. The second kappa shape index (κ2) is 30.3. The standard InChI is InChI=1S/C59H99N5O6/c1-12-16-18-20-22-27-35-63(8,9)43-53(44-64(10,11)36-28-23-21-19-17-13-2)70-59(69)45(5)37-50(48-33-31-46(32-34-48)42-62(6,7)15-4)38-51-39-52(61-57(66)49-29-25-24-26-30-49)41-54(51)55(58(67)68)40-47(14-3)56(60)65/h24-26,29-34,45,47,50-55H,12-23,27-28,35-44H2,1-11H3,(H-3,60,61,65,66,67,68)/p+3. The van der Waals surface area contributed by atoms with Gasteiger partial charge in [0, 0.05) is 23.1 Å². The number of benzene rings is 2. The van der Waals surface area contributed by atoms with Crippen LogP contribution in [0.5, 0.6) is 0 Å². The molecule has 0 aliphatic heterocycles. The Bertz CT molecular complexity index is 1800. The first-order chi connectivity index (χ1) is 33.1. The van der Waals surface area contributed by atoms with Crippen molar-refractivity contribution in [2.24, 2.45) is 35.3 Å². The lowest BCUT2D eigenvalue weighted by molar-refractivity contribution is -0.914. The molecule has 0 spiro atoms. The Balaban J connectivity index is 1.98. The van der Waals surface area contributed by atoms with Crippen LogP contribution in [0.15, 0.2) is 54.6 Å². The molecule has 3 rings (SSSR count). The number of quaternary nitrogens is 3. The number of unbranched alkanes of at least 4 members (excludes halogenated alkanes) is 10. The third-order valence-electron chi connectivity index (χ3n) is 15.8. The van der Waals surface area contributed by atoms with Crippen LogP contribution in [-0.2, 0) is 25.7 Å². The summed E-state index contributed by atoms with van der Waals surface area (Å²) in [6.45, 7) is 16.1. The van der Waals surface area contributed by atoms with Crippen molar-refractivity contribution in [1.29, 1.82) is 0 Å². The van der Waals surface area contributed by atoms with Gasteiger partial charge in [-0.3, -0.25) is 19.2 Å². The molecule has 7 atom stereocenters. The van der Waals surface area contributed by atoms with Crippen LogP contribution in [0.4, 0.5) is 0 Å². The summed E-state index contributed by atoms with van der Waals surface area (Å²) in [5.74, 6) is -4.13. The number of carboxylic acid groups (broad SMARTS) is 1. The molecule has 1 aliphatic carbocycles. The molecule has 0 radical (unpaired) electrons. The van der Waals surface area contributed by atoms with Gasteiger partial charge in [-0.05, 0) is 107 Å². The zero-order valence-electron chi connectivity index (χ0n) is 46.2. The summed E-state index contributed by atoms with van der Waals surface area (Å²) in [6.07, 6.45) is 17.5. The van der Waals surface area contributed by atoms with E-state index in [0.29, 0.717) is 37.7 Å². The first-order valence-electron chi connectivity index (χ1n) is 27.8. The van der Waals surface area contributed by atoms with Gasteiger partial charge in [0.15, 0.2) is 6.10 Å². The minimum Gasteiger partial charge on any atom is -0.481 e. The molecule has 0 saturated heterocycles. The molecule has 4 N–H and O–H groups in total. The van der Waals surface area contributed by atoms with Crippen LogP contribution in [0.1, 0.15) is 178 Å². The molecule has 1 saturated carbocycles. The van der Waals surface area contributed by atoms with Gasteiger partial charge in [0.1, 0.15) is 19.6 Å². The van der Waals surface area contributed by atoms with Crippen LogP contribution in [-0.4, -0.2) is 129 Å². The molecule has 2 aromatic rings.